The number of aromatic amines is 1. The molecule has 1 aromatic carbocycles. The fourth-order valence-corrected chi connectivity index (χ4v) is 3.04. The third-order valence-electron chi connectivity index (χ3n) is 4.49. The maximum atomic E-state index is 12.0. The monoisotopic (exact) mass is 384 g/mol. The van der Waals surface area contributed by atoms with Crippen LogP contribution >= 0.6 is 0 Å². The fourth-order valence-electron chi connectivity index (χ4n) is 3.04. The Bertz CT molecular complexity index is 1110. The standard InChI is InChI=1S/C22H20N6O/c23-9-12-26-22(29)16-6-4-15(5-7-16)20-13-17(8-11-25-20)18-14-27-28-21(18)19-3-1-2-10-24-19/h1-8,10-11,13-14H,9,12,23H2,(H,26,29)(H,27,28). The van der Waals surface area contributed by atoms with Gasteiger partial charge in [0.1, 0.15) is 5.69 Å². The zero-order valence-corrected chi connectivity index (χ0v) is 15.7. The van der Waals surface area contributed by atoms with Crippen molar-refractivity contribution in [3.05, 3.63) is 78.8 Å². The summed E-state index contributed by atoms with van der Waals surface area (Å²) in [4.78, 5) is 20.9. The highest BCUT2D eigenvalue weighted by atomic mass is 16.1. The van der Waals surface area contributed by atoms with Gasteiger partial charge in [-0.2, -0.15) is 5.10 Å². The number of pyridine rings is 2. The normalized spacial score (nSPS) is 10.7. The number of benzene rings is 1. The van der Waals surface area contributed by atoms with Crippen LogP contribution in [0.15, 0.2) is 73.2 Å². The molecular weight excluding hydrogens is 364 g/mol. The molecule has 3 heterocycles. The van der Waals surface area contributed by atoms with Crippen LogP contribution in [0.5, 0.6) is 0 Å². The van der Waals surface area contributed by atoms with E-state index in [1.54, 1.807) is 24.5 Å². The van der Waals surface area contributed by atoms with E-state index in [0.717, 1.165) is 33.8 Å². The Hall–Kier alpha value is -3.84. The highest BCUT2D eigenvalue weighted by Crippen LogP contribution is 2.30. The molecule has 3 aromatic heterocycles. The van der Waals surface area contributed by atoms with Gasteiger partial charge in [0.15, 0.2) is 0 Å². The molecule has 144 valence electrons. The summed E-state index contributed by atoms with van der Waals surface area (Å²) in [6, 6.07) is 17.0. The van der Waals surface area contributed by atoms with Crippen molar-refractivity contribution in [3.8, 4) is 33.8 Å². The molecule has 0 aliphatic rings. The van der Waals surface area contributed by atoms with Crippen LogP contribution < -0.4 is 11.1 Å². The summed E-state index contributed by atoms with van der Waals surface area (Å²) in [5.41, 5.74) is 11.3. The lowest BCUT2D eigenvalue weighted by atomic mass is 10.0. The number of hydrogen-bond acceptors (Lipinski definition) is 5. The third-order valence-corrected chi connectivity index (χ3v) is 4.49. The quantitative estimate of drug-likeness (QED) is 0.473. The number of carbonyl (C=O) groups excluding carboxylic acids is 1. The highest BCUT2D eigenvalue weighted by molar-refractivity contribution is 5.94. The first-order valence-corrected chi connectivity index (χ1v) is 9.26. The van der Waals surface area contributed by atoms with Gasteiger partial charge >= 0.3 is 0 Å². The fraction of sp³-hybridized carbons (Fsp3) is 0.0909. The highest BCUT2D eigenvalue weighted by Gasteiger charge is 2.13. The largest absolute Gasteiger partial charge is 0.351 e. The van der Waals surface area contributed by atoms with Gasteiger partial charge < -0.3 is 11.1 Å². The van der Waals surface area contributed by atoms with E-state index in [1.807, 2.05) is 48.7 Å². The maximum Gasteiger partial charge on any atom is 0.251 e. The Morgan fingerprint density at radius 2 is 1.79 bits per heavy atom. The van der Waals surface area contributed by atoms with Crippen molar-refractivity contribution in [2.24, 2.45) is 5.73 Å². The van der Waals surface area contributed by atoms with Crippen molar-refractivity contribution in [2.75, 3.05) is 13.1 Å². The van der Waals surface area contributed by atoms with Crippen LogP contribution in [0, 0.1) is 0 Å². The number of hydrogen-bond donors (Lipinski definition) is 3. The second-order valence-electron chi connectivity index (χ2n) is 6.41. The number of nitrogens with zero attached hydrogens (tertiary/aromatic N) is 3. The van der Waals surface area contributed by atoms with E-state index < -0.39 is 0 Å². The molecule has 0 fully saturated rings. The van der Waals surface area contributed by atoms with Crippen LogP contribution in [0.2, 0.25) is 0 Å². The van der Waals surface area contributed by atoms with Crippen molar-refractivity contribution in [2.45, 2.75) is 0 Å². The molecule has 0 atom stereocenters. The molecule has 0 spiro atoms. The van der Waals surface area contributed by atoms with E-state index in [1.165, 1.54) is 0 Å². The van der Waals surface area contributed by atoms with Gasteiger partial charge in [-0.25, -0.2) is 0 Å². The molecule has 7 nitrogen and oxygen atoms in total. The van der Waals surface area contributed by atoms with Gasteiger partial charge in [-0.1, -0.05) is 18.2 Å². The molecule has 4 N–H and O–H groups in total. The average Bonchev–Trinajstić information content (AvgIpc) is 3.28. The summed E-state index contributed by atoms with van der Waals surface area (Å²) < 4.78 is 0. The molecule has 29 heavy (non-hydrogen) atoms. The maximum absolute atomic E-state index is 12.0. The van der Waals surface area contributed by atoms with Crippen molar-refractivity contribution >= 4 is 5.91 Å². The minimum Gasteiger partial charge on any atom is -0.351 e. The Morgan fingerprint density at radius 1 is 0.966 bits per heavy atom. The van der Waals surface area contributed by atoms with E-state index in [-0.39, 0.29) is 5.91 Å². The van der Waals surface area contributed by atoms with Crippen molar-refractivity contribution in [3.63, 3.8) is 0 Å². The third kappa shape index (κ3) is 4.04. The molecule has 1 amide bonds. The summed E-state index contributed by atoms with van der Waals surface area (Å²) in [6.07, 6.45) is 5.37. The van der Waals surface area contributed by atoms with Gasteiger partial charge in [-0.15, -0.1) is 0 Å². The molecule has 0 unspecified atom stereocenters. The SMILES string of the molecule is NCCNC(=O)c1ccc(-c2cc(-c3c[nH]nc3-c3ccccn3)ccn2)cc1. The Balaban J connectivity index is 1.62. The van der Waals surface area contributed by atoms with Gasteiger partial charge in [0.2, 0.25) is 0 Å². The molecule has 7 heteroatoms. The van der Waals surface area contributed by atoms with E-state index in [9.17, 15) is 4.79 Å². The second-order valence-corrected chi connectivity index (χ2v) is 6.41. The van der Waals surface area contributed by atoms with E-state index in [4.69, 9.17) is 5.73 Å². The van der Waals surface area contributed by atoms with Crippen LogP contribution in [-0.2, 0) is 0 Å². The van der Waals surface area contributed by atoms with Crippen LogP contribution in [-0.4, -0.2) is 39.2 Å². The Morgan fingerprint density at radius 3 is 2.55 bits per heavy atom. The summed E-state index contributed by atoms with van der Waals surface area (Å²) in [6.45, 7) is 0.864. The lowest BCUT2D eigenvalue weighted by molar-refractivity contribution is 0.0955. The summed E-state index contributed by atoms with van der Waals surface area (Å²) in [5, 5.41) is 10.0. The Labute approximate surface area is 168 Å². The van der Waals surface area contributed by atoms with Crippen LogP contribution in [0.4, 0.5) is 0 Å². The van der Waals surface area contributed by atoms with Crippen LogP contribution in [0.1, 0.15) is 10.4 Å². The van der Waals surface area contributed by atoms with Gasteiger partial charge in [0.25, 0.3) is 5.91 Å². The molecule has 0 radical (unpaired) electrons. The van der Waals surface area contributed by atoms with Crippen LogP contribution in [0.25, 0.3) is 33.8 Å². The predicted molar refractivity (Wildman–Crippen MR) is 112 cm³/mol. The molecule has 0 bridgehead atoms. The van der Waals surface area contributed by atoms with Gasteiger partial charge in [-0.3, -0.25) is 19.9 Å². The van der Waals surface area contributed by atoms with Crippen molar-refractivity contribution in [1.82, 2.24) is 25.5 Å². The Kier molecular flexibility index (Phi) is 5.40. The number of amides is 1. The molecule has 4 rings (SSSR count). The number of aromatic nitrogens is 4. The number of nitrogens with two attached hydrogens (primary N) is 1. The molecule has 4 aromatic rings. The minimum absolute atomic E-state index is 0.137. The van der Waals surface area contributed by atoms with Gasteiger partial charge in [0, 0.05) is 48.4 Å². The molecular formula is C22H20N6O. The molecule has 0 saturated carbocycles. The molecule has 0 aliphatic carbocycles. The summed E-state index contributed by atoms with van der Waals surface area (Å²) >= 11 is 0. The van der Waals surface area contributed by atoms with Crippen molar-refractivity contribution < 1.29 is 4.79 Å². The first kappa shape index (κ1) is 18.5. The zero-order chi connectivity index (χ0) is 20.1. The lowest BCUT2D eigenvalue weighted by Gasteiger charge is -2.07. The minimum atomic E-state index is -0.137. The smallest absolute Gasteiger partial charge is 0.251 e. The second kappa shape index (κ2) is 8.45. The van der Waals surface area contributed by atoms with Gasteiger partial charge in [0.05, 0.1) is 11.4 Å². The average molecular weight is 384 g/mol. The van der Waals surface area contributed by atoms with E-state index >= 15 is 0 Å². The first-order chi connectivity index (χ1) is 14.3. The van der Waals surface area contributed by atoms with Crippen LogP contribution in [0.3, 0.4) is 0 Å². The summed E-state index contributed by atoms with van der Waals surface area (Å²) in [5.74, 6) is -0.137. The molecule has 0 aliphatic heterocycles. The first-order valence-electron chi connectivity index (χ1n) is 9.26. The van der Waals surface area contributed by atoms with E-state index in [2.05, 4.69) is 25.5 Å². The number of rotatable bonds is 6. The summed E-state index contributed by atoms with van der Waals surface area (Å²) in [7, 11) is 0. The van der Waals surface area contributed by atoms with Gasteiger partial charge in [-0.05, 0) is 42.0 Å². The zero-order valence-electron chi connectivity index (χ0n) is 15.7. The number of nitrogens with one attached hydrogen (secondary N) is 2. The van der Waals surface area contributed by atoms with E-state index in [0.29, 0.717) is 18.7 Å². The lowest BCUT2D eigenvalue weighted by Crippen LogP contribution is -2.28. The van der Waals surface area contributed by atoms with Crippen molar-refractivity contribution in [1.29, 1.82) is 0 Å². The molecule has 0 saturated heterocycles. The predicted octanol–water partition coefficient (Wildman–Crippen LogP) is 2.89. The topological polar surface area (TPSA) is 110 Å². The number of carbonyl (C=O) groups is 1. The number of H-pyrrole nitrogens is 1.